The van der Waals surface area contributed by atoms with E-state index in [0.29, 0.717) is 13.0 Å². The lowest BCUT2D eigenvalue weighted by Gasteiger charge is -2.31. The van der Waals surface area contributed by atoms with E-state index in [1.165, 1.54) is 0 Å². The van der Waals surface area contributed by atoms with Gasteiger partial charge in [-0.2, -0.15) is 0 Å². The minimum Gasteiger partial charge on any atom is -0.480 e. The first-order valence-electron chi connectivity index (χ1n) is 5.12. The second-order valence-electron chi connectivity index (χ2n) is 3.96. The second kappa shape index (κ2) is 3.84. The Kier molecular flexibility index (Phi) is 2.71. The number of nitrogens with zero attached hydrogens (tertiary/aromatic N) is 2. The Morgan fingerprint density at radius 2 is 1.86 bits per heavy atom. The SMILES string of the molecule is O=C(O)[C@@H]1C(O)CCN1N1CCCC1. The highest BCUT2D eigenvalue weighted by Crippen LogP contribution is 2.23. The van der Waals surface area contributed by atoms with E-state index in [1.54, 1.807) is 0 Å². The van der Waals surface area contributed by atoms with Crippen LogP contribution >= 0.6 is 0 Å². The maximum absolute atomic E-state index is 11.0. The molecule has 0 bridgehead atoms. The van der Waals surface area contributed by atoms with E-state index >= 15 is 0 Å². The summed E-state index contributed by atoms with van der Waals surface area (Å²) >= 11 is 0. The molecule has 5 nitrogen and oxygen atoms in total. The van der Waals surface area contributed by atoms with Crippen LogP contribution in [0.4, 0.5) is 0 Å². The quantitative estimate of drug-likeness (QED) is 0.630. The largest absolute Gasteiger partial charge is 0.480 e. The molecule has 0 saturated carbocycles. The van der Waals surface area contributed by atoms with Gasteiger partial charge in [0.25, 0.3) is 0 Å². The van der Waals surface area contributed by atoms with E-state index in [9.17, 15) is 9.90 Å². The minimum absolute atomic E-state index is 0.563. The number of carboxylic acid groups (broad SMARTS) is 1. The fourth-order valence-corrected chi connectivity index (χ4v) is 2.33. The van der Waals surface area contributed by atoms with Crippen molar-refractivity contribution in [3.05, 3.63) is 0 Å². The summed E-state index contributed by atoms with van der Waals surface area (Å²) in [7, 11) is 0. The molecule has 80 valence electrons. The predicted molar refractivity (Wildman–Crippen MR) is 49.6 cm³/mol. The first-order chi connectivity index (χ1) is 6.70. The number of hydrogen-bond donors (Lipinski definition) is 2. The van der Waals surface area contributed by atoms with Crippen molar-refractivity contribution in [3.63, 3.8) is 0 Å². The summed E-state index contributed by atoms with van der Waals surface area (Å²) in [6, 6.07) is -0.729. The van der Waals surface area contributed by atoms with Crippen LogP contribution in [0.5, 0.6) is 0 Å². The molecule has 0 spiro atoms. The van der Waals surface area contributed by atoms with Crippen LogP contribution < -0.4 is 0 Å². The van der Waals surface area contributed by atoms with Gasteiger partial charge < -0.3 is 10.2 Å². The number of hydrazine groups is 1. The fourth-order valence-electron chi connectivity index (χ4n) is 2.33. The molecule has 0 radical (unpaired) electrons. The Balaban J connectivity index is 2.06. The molecular formula is C9H16N2O3. The molecule has 2 aliphatic rings. The summed E-state index contributed by atoms with van der Waals surface area (Å²) in [6.07, 6.45) is 2.10. The highest BCUT2D eigenvalue weighted by atomic mass is 16.4. The van der Waals surface area contributed by atoms with Crippen LogP contribution in [0.1, 0.15) is 19.3 Å². The molecule has 2 fully saturated rings. The van der Waals surface area contributed by atoms with Gasteiger partial charge in [0.1, 0.15) is 6.04 Å². The Labute approximate surface area is 82.9 Å². The van der Waals surface area contributed by atoms with Gasteiger partial charge in [0.05, 0.1) is 6.10 Å². The van der Waals surface area contributed by atoms with Crippen molar-refractivity contribution in [1.82, 2.24) is 10.0 Å². The van der Waals surface area contributed by atoms with E-state index in [1.807, 2.05) is 5.01 Å². The third-order valence-electron chi connectivity index (χ3n) is 3.04. The molecule has 2 N–H and O–H groups in total. The summed E-state index contributed by atoms with van der Waals surface area (Å²) < 4.78 is 0. The molecule has 2 aliphatic heterocycles. The van der Waals surface area contributed by atoms with Gasteiger partial charge in [-0.05, 0) is 19.3 Å². The lowest BCUT2D eigenvalue weighted by Crippen LogP contribution is -2.50. The van der Waals surface area contributed by atoms with Crippen LogP contribution in [0, 0.1) is 0 Å². The molecule has 5 heteroatoms. The molecule has 2 rings (SSSR count). The second-order valence-corrected chi connectivity index (χ2v) is 3.96. The first kappa shape index (κ1) is 9.89. The van der Waals surface area contributed by atoms with Crippen LogP contribution in [-0.2, 0) is 4.79 Å². The molecule has 0 amide bonds. The number of hydrogen-bond acceptors (Lipinski definition) is 4. The molecule has 2 saturated heterocycles. The van der Waals surface area contributed by atoms with Crippen LogP contribution in [0.25, 0.3) is 0 Å². The monoisotopic (exact) mass is 200 g/mol. The van der Waals surface area contributed by atoms with E-state index in [4.69, 9.17) is 5.11 Å². The van der Waals surface area contributed by atoms with E-state index in [0.717, 1.165) is 25.9 Å². The van der Waals surface area contributed by atoms with Crippen LogP contribution in [0.3, 0.4) is 0 Å². The van der Waals surface area contributed by atoms with Crippen LogP contribution in [0.2, 0.25) is 0 Å². The molecule has 0 aromatic carbocycles. The lowest BCUT2D eigenvalue weighted by molar-refractivity contribution is -0.153. The normalized spacial score (nSPS) is 35.2. The Morgan fingerprint density at radius 3 is 2.43 bits per heavy atom. The highest BCUT2D eigenvalue weighted by molar-refractivity contribution is 5.74. The van der Waals surface area contributed by atoms with E-state index in [2.05, 4.69) is 5.01 Å². The van der Waals surface area contributed by atoms with Crippen molar-refractivity contribution in [1.29, 1.82) is 0 Å². The van der Waals surface area contributed by atoms with Crippen molar-refractivity contribution in [2.75, 3.05) is 19.6 Å². The van der Waals surface area contributed by atoms with Gasteiger partial charge in [-0.3, -0.25) is 4.79 Å². The Morgan fingerprint density at radius 1 is 1.21 bits per heavy atom. The smallest absolute Gasteiger partial charge is 0.325 e. The molecule has 1 unspecified atom stereocenters. The Bertz CT molecular complexity index is 228. The number of carbonyl (C=O) groups is 1. The molecule has 2 heterocycles. The summed E-state index contributed by atoms with van der Waals surface area (Å²) in [5, 5.41) is 22.4. The number of rotatable bonds is 2. The number of aliphatic carboxylic acids is 1. The third kappa shape index (κ3) is 1.63. The molecule has 14 heavy (non-hydrogen) atoms. The van der Waals surface area contributed by atoms with Gasteiger partial charge in [0, 0.05) is 19.6 Å². The summed E-state index contributed by atoms with van der Waals surface area (Å²) in [5.74, 6) is -0.915. The van der Waals surface area contributed by atoms with Crippen LogP contribution in [-0.4, -0.2) is 58.0 Å². The fraction of sp³-hybridized carbons (Fsp3) is 0.889. The standard InChI is InChI=1S/C9H16N2O3/c12-7-3-6-11(8(7)9(13)14)10-4-1-2-5-10/h7-8,12H,1-6H2,(H,13,14)/t7?,8-/m0/s1. The average Bonchev–Trinajstić information content (AvgIpc) is 2.70. The molecule has 0 aromatic heterocycles. The van der Waals surface area contributed by atoms with Crippen molar-refractivity contribution in [3.8, 4) is 0 Å². The van der Waals surface area contributed by atoms with Crippen molar-refractivity contribution < 1.29 is 15.0 Å². The van der Waals surface area contributed by atoms with Gasteiger partial charge in [-0.25, -0.2) is 10.0 Å². The van der Waals surface area contributed by atoms with E-state index in [-0.39, 0.29) is 0 Å². The highest BCUT2D eigenvalue weighted by Gasteiger charge is 2.41. The molecule has 0 aliphatic carbocycles. The molecular weight excluding hydrogens is 184 g/mol. The van der Waals surface area contributed by atoms with Gasteiger partial charge in [0.2, 0.25) is 0 Å². The summed E-state index contributed by atoms with van der Waals surface area (Å²) in [6.45, 7) is 2.52. The zero-order valence-corrected chi connectivity index (χ0v) is 8.09. The van der Waals surface area contributed by atoms with Gasteiger partial charge in [0.15, 0.2) is 0 Å². The van der Waals surface area contributed by atoms with Gasteiger partial charge >= 0.3 is 5.97 Å². The van der Waals surface area contributed by atoms with Gasteiger partial charge in [-0.15, -0.1) is 0 Å². The van der Waals surface area contributed by atoms with E-state index < -0.39 is 18.1 Å². The molecule has 0 aromatic rings. The van der Waals surface area contributed by atoms with Crippen molar-refractivity contribution in [2.45, 2.75) is 31.4 Å². The van der Waals surface area contributed by atoms with Crippen molar-refractivity contribution in [2.24, 2.45) is 0 Å². The van der Waals surface area contributed by atoms with Crippen LogP contribution in [0.15, 0.2) is 0 Å². The zero-order chi connectivity index (χ0) is 10.1. The lowest BCUT2D eigenvalue weighted by atomic mass is 10.2. The maximum atomic E-state index is 11.0. The number of aliphatic hydroxyl groups is 1. The number of carboxylic acids is 1. The minimum atomic E-state index is -0.915. The predicted octanol–water partition coefficient (Wildman–Crippen LogP) is -0.483. The Hall–Kier alpha value is -0.650. The summed E-state index contributed by atoms with van der Waals surface area (Å²) in [4.78, 5) is 11.0. The van der Waals surface area contributed by atoms with Crippen molar-refractivity contribution >= 4 is 5.97 Å². The zero-order valence-electron chi connectivity index (χ0n) is 8.09. The first-order valence-corrected chi connectivity index (χ1v) is 5.12. The third-order valence-corrected chi connectivity index (χ3v) is 3.04. The molecule has 2 atom stereocenters. The summed E-state index contributed by atoms with van der Waals surface area (Å²) in [5.41, 5.74) is 0. The average molecular weight is 200 g/mol. The number of aliphatic hydroxyl groups excluding tert-OH is 1. The maximum Gasteiger partial charge on any atom is 0.325 e. The van der Waals surface area contributed by atoms with Gasteiger partial charge in [-0.1, -0.05) is 0 Å². The topological polar surface area (TPSA) is 64.0 Å².